The Morgan fingerprint density at radius 2 is 0.878 bits per heavy atom. The van der Waals surface area contributed by atoms with Gasteiger partial charge in [-0.2, -0.15) is 0 Å². The minimum absolute atomic E-state index is 0.114. The van der Waals surface area contributed by atoms with E-state index in [1.54, 1.807) is 22.3 Å². The van der Waals surface area contributed by atoms with Crippen molar-refractivity contribution < 1.29 is 9.59 Å². The lowest BCUT2D eigenvalue weighted by molar-refractivity contribution is -0.127. The number of carbonyl (C=O) groups excluding carboxylic acids is 2. The predicted molar refractivity (Wildman–Crippen MR) is 196 cm³/mol. The fraction of sp³-hybridized carbons (Fsp3) is 0.674. The van der Waals surface area contributed by atoms with Crippen LogP contribution in [0.3, 0.4) is 0 Å². The van der Waals surface area contributed by atoms with Crippen LogP contribution >= 0.6 is 0 Å². The Labute approximate surface area is 295 Å². The molecule has 2 aromatic rings. The lowest BCUT2D eigenvalue weighted by atomic mass is 9.82. The van der Waals surface area contributed by atoms with Crippen molar-refractivity contribution in [3.63, 3.8) is 0 Å². The minimum atomic E-state index is -0.345. The van der Waals surface area contributed by atoms with Gasteiger partial charge >= 0.3 is 0 Å². The van der Waals surface area contributed by atoms with E-state index in [0.717, 1.165) is 37.5 Å². The molecule has 2 amide bonds. The molecule has 264 valence electrons. The molecular weight excluding hydrogens is 604 g/mol. The molecule has 4 bridgehead atoms. The fourth-order valence-electron chi connectivity index (χ4n) is 11.3. The van der Waals surface area contributed by atoms with Gasteiger partial charge in [-0.05, 0) is 142 Å². The second kappa shape index (κ2) is 14.1. The molecule has 6 heteroatoms. The van der Waals surface area contributed by atoms with E-state index in [1.807, 2.05) is 0 Å². The molecule has 0 aromatic heterocycles. The van der Waals surface area contributed by atoms with Crippen LogP contribution in [-0.2, 0) is 9.59 Å². The number of rotatable bonds is 12. The zero-order valence-electron chi connectivity index (χ0n) is 30.2. The number of amides is 2. The Morgan fingerprint density at radius 3 is 1.20 bits per heavy atom. The largest absolute Gasteiger partial charge is 0.353 e. The maximum atomic E-state index is 13.1. The Balaban J connectivity index is 0.702. The topological polar surface area (TPSA) is 64.7 Å². The first-order valence-electron chi connectivity index (χ1n) is 20.1. The summed E-state index contributed by atoms with van der Waals surface area (Å²) < 4.78 is 0. The monoisotopic (exact) mass is 664 g/mol. The maximum Gasteiger partial charge on any atom is 0.220 e. The number of hydrogen-bond donors (Lipinski definition) is 2. The summed E-state index contributed by atoms with van der Waals surface area (Å²) in [6.45, 7) is 6.57. The second-order valence-corrected chi connectivity index (χ2v) is 17.6. The highest BCUT2D eigenvalue weighted by Crippen LogP contribution is 2.54. The van der Waals surface area contributed by atoms with Crippen LogP contribution in [0, 0.1) is 17.3 Å². The molecule has 4 heterocycles. The van der Waals surface area contributed by atoms with Gasteiger partial charge in [0, 0.05) is 49.1 Å². The van der Waals surface area contributed by atoms with Crippen molar-refractivity contribution in [2.45, 2.75) is 153 Å². The number of carbonyl (C=O) groups is 2. The van der Waals surface area contributed by atoms with Crippen molar-refractivity contribution in [1.29, 1.82) is 0 Å². The molecule has 2 saturated carbocycles. The van der Waals surface area contributed by atoms with Gasteiger partial charge in [0.25, 0.3) is 0 Å². The molecule has 6 aliphatic rings. The van der Waals surface area contributed by atoms with Gasteiger partial charge in [-0.1, -0.05) is 62.4 Å². The van der Waals surface area contributed by atoms with Crippen LogP contribution < -0.4 is 10.6 Å². The zero-order valence-corrected chi connectivity index (χ0v) is 30.2. The molecule has 2 N–H and O–H groups in total. The zero-order chi connectivity index (χ0) is 33.5. The lowest BCUT2D eigenvalue weighted by Crippen LogP contribution is -2.42. The predicted octanol–water partition coefficient (Wildman–Crippen LogP) is 8.71. The molecule has 4 aliphatic heterocycles. The third-order valence-corrected chi connectivity index (χ3v) is 13.7. The van der Waals surface area contributed by atoms with E-state index < -0.39 is 0 Å². The molecule has 2 saturated heterocycles. The Hall–Kier alpha value is -2.70. The van der Waals surface area contributed by atoms with E-state index in [-0.39, 0.29) is 29.3 Å². The molecule has 4 atom stereocenters. The molecule has 49 heavy (non-hydrogen) atoms. The van der Waals surface area contributed by atoms with Crippen molar-refractivity contribution in [2.24, 2.45) is 17.3 Å². The molecule has 0 radical (unpaired) electrons. The third-order valence-electron chi connectivity index (χ3n) is 13.7. The molecular formula is C43H60N4O2. The average Bonchev–Trinajstić information content (AvgIpc) is 3.85. The van der Waals surface area contributed by atoms with Crippen LogP contribution in [0.2, 0.25) is 0 Å². The van der Waals surface area contributed by atoms with E-state index in [0.29, 0.717) is 37.0 Å². The number of nitrogens with one attached hydrogen (secondary N) is 2. The highest BCUT2D eigenvalue weighted by molar-refractivity contribution is 5.80. The molecule has 1 unspecified atom stereocenters. The normalized spacial score (nSPS) is 32.2. The minimum Gasteiger partial charge on any atom is -0.353 e. The van der Waals surface area contributed by atoms with Gasteiger partial charge in [0.05, 0.1) is 0 Å². The molecule has 0 spiro atoms. The van der Waals surface area contributed by atoms with E-state index >= 15 is 0 Å². The molecule has 8 rings (SSSR count). The maximum absolute atomic E-state index is 13.1. The summed E-state index contributed by atoms with van der Waals surface area (Å²) in [4.78, 5) is 31.8. The SMILES string of the molecule is CC(C)(CC(=O)NC1CCC(CCN2C3CC[C@@H]2c2ccccc23)CC1)CC(=O)NC1CCC(CCN2[C@@H]3CC[C@H]2c2ccccc23)CC1. The first-order valence-corrected chi connectivity index (χ1v) is 20.1. The van der Waals surface area contributed by atoms with Crippen molar-refractivity contribution >= 4 is 11.8 Å². The quantitative estimate of drug-likeness (QED) is 0.238. The Bertz CT molecular complexity index is 1320. The summed E-state index contributed by atoms with van der Waals surface area (Å²) in [7, 11) is 0. The van der Waals surface area contributed by atoms with Crippen molar-refractivity contribution in [1.82, 2.24) is 20.4 Å². The Morgan fingerprint density at radius 1 is 0.551 bits per heavy atom. The van der Waals surface area contributed by atoms with E-state index in [1.165, 1.54) is 77.3 Å². The first-order chi connectivity index (χ1) is 23.8. The summed E-state index contributed by atoms with van der Waals surface area (Å²) in [6.07, 6.45) is 17.8. The van der Waals surface area contributed by atoms with Crippen molar-refractivity contribution in [3.05, 3.63) is 70.8 Å². The molecule has 4 fully saturated rings. The van der Waals surface area contributed by atoms with Gasteiger partial charge in [-0.25, -0.2) is 0 Å². The lowest BCUT2D eigenvalue weighted by Gasteiger charge is -2.33. The molecule has 2 aliphatic carbocycles. The van der Waals surface area contributed by atoms with Gasteiger partial charge in [0.1, 0.15) is 0 Å². The van der Waals surface area contributed by atoms with Crippen LogP contribution in [0.25, 0.3) is 0 Å². The molecule has 6 nitrogen and oxygen atoms in total. The first kappa shape index (κ1) is 33.4. The summed E-state index contributed by atoms with van der Waals surface area (Å²) in [5.41, 5.74) is 5.97. The van der Waals surface area contributed by atoms with E-state index in [2.05, 4.69) is 82.8 Å². The van der Waals surface area contributed by atoms with Crippen molar-refractivity contribution in [2.75, 3.05) is 13.1 Å². The van der Waals surface area contributed by atoms with Gasteiger partial charge in [-0.3, -0.25) is 19.4 Å². The number of benzene rings is 2. The van der Waals surface area contributed by atoms with E-state index in [9.17, 15) is 9.59 Å². The average molecular weight is 665 g/mol. The van der Waals surface area contributed by atoms with Crippen LogP contribution in [0.5, 0.6) is 0 Å². The van der Waals surface area contributed by atoms with E-state index in [4.69, 9.17) is 0 Å². The highest BCUT2D eigenvalue weighted by atomic mass is 16.2. The number of hydrogen-bond acceptors (Lipinski definition) is 4. The fourth-order valence-corrected chi connectivity index (χ4v) is 11.3. The Kier molecular flexibility index (Phi) is 9.65. The molecule has 2 aromatic carbocycles. The van der Waals surface area contributed by atoms with Gasteiger partial charge in [0.2, 0.25) is 11.8 Å². The summed E-state index contributed by atoms with van der Waals surface area (Å²) in [6, 6.07) is 21.3. The highest BCUT2D eigenvalue weighted by Gasteiger charge is 2.44. The number of fused-ring (bicyclic) bond motifs is 10. The van der Waals surface area contributed by atoms with Crippen LogP contribution in [-0.4, -0.2) is 46.8 Å². The standard InChI is InChI=1S/C43H60N4O2/c1-43(2,27-41(48)44-31-15-11-29(12-16-31)23-25-46-37-19-20-38(46)34-8-4-3-7-33(34)37)28-42(49)45-32-17-13-30(14-18-32)24-26-47-39-21-22-40(47)36-10-6-5-9-35(36)39/h3-10,29-32,37-40H,11-28H2,1-2H3,(H,44,48)(H,45,49)/t29?,30?,31?,32?,37-,38+,39-,40?/m1/s1. The van der Waals surface area contributed by atoms with Gasteiger partial charge in [-0.15, -0.1) is 0 Å². The van der Waals surface area contributed by atoms with Crippen LogP contribution in [0.15, 0.2) is 48.5 Å². The second-order valence-electron chi connectivity index (χ2n) is 17.6. The number of nitrogens with zero attached hydrogens (tertiary/aromatic N) is 2. The third kappa shape index (κ3) is 7.11. The van der Waals surface area contributed by atoms with Crippen molar-refractivity contribution in [3.8, 4) is 0 Å². The summed E-state index contributed by atoms with van der Waals surface area (Å²) in [5.74, 6) is 1.76. The van der Waals surface area contributed by atoms with Crippen LogP contribution in [0.4, 0.5) is 0 Å². The summed E-state index contributed by atoms with van der Waals surface area (Å²) in [5, 5.41) is 6.70. The smallest absolute Gasteiger partial charge is 0.220 e. The summed E-state index contributed by atoms with van der Waals surface area (Å²) >= 11 is 0. The van der Waals surface area contributed by atoms with Gasteiger partial charge in [0.15, 0.2) is 0 Å². The van der Waals surface area contributed by atoms with Gasteiger partial charge < -0.3 is 10.6 Å². The van der Waals surface area contributed by atoms with Crippen LogP contribution in [0.1, 0.15) is 163 Å².